The zero-order valence-corrected chi connectivity index (χ0v) is 16.1. The molecule has 0 radical (unpaired) electrons. The molecule has 3 aromatic rings. The minimum absolute atomic E-state index is 0.200. The zero-order chi connectivity index (χ0) is 18.0. The Morgan fingerprint density at radius 3 is 2.60 bits per heavy atom. The third-order valence-electron chi connectivity index (χ3n) is 3.93. The first kappa shape index (κ1) is 17.7. The molecular weight excluding hydrogens is 352 g/mol. The molecule has 1 amide bonds. The number of amides is 1. The number of rotatable bonds is 6. The van der Waals surface area contributed by atoms with E-state index < -0.39 is 0 Å². The maximum atomic E-state index is 11.1. The molecule has 0 fully saturated rings. The minimum atomic E-state index is -0.357. The molecule has 5 nitrogen and oxygen atoms in total. The van der Waals surface area contributed by atoms with E-state index in [1.807, 2.05) is 11.5 Å². The van der Waals surface area contributed by atoms with E-state index in [4.69, 9.17) is 5.73 Å². The molecule has 0 aliphatic heterocycles. The van der Waals surface area contributed by atoms with Crippen molar-refractivity contribution in [1.82, 2.24) is 14.8 Å². The summed E-state index contributed by atoms with van der Waals surface area (Å²) in [5, 5.41) is 11.5. The number of thioether (sulfide) groups is 1. The molecule has 2 N–H and O–H groups in total. The van der Waals surface area contributed by atoms with Gasteiger partial charge < -0.3 is 10.3 Å². The topological polar surface area (TPSA) is 73.8 Å². The number of thiophene rings is 1. The van der Waals surface area contributed by atoms with Gasteiger partial charge in [-0.1, -0.05) is 41.6 Å². The maximum Gasteiger partial charge on any atom is 0.227 e. The summed E-state index contributed by atoms with van der Waals surface area (Å²) in [5.41, 5.74) is 9.93. The first-order valence-electron chi connectivity index (χ1n) is 8.01. The van der Waals surface area contributed by atoms with E-state index in [1.165, 1.54) is 33.3 Å². The largest absolute Gasteiger partial charge is 0.369 e. The molecule has 7 heteroatoms. The Balaban J connectivity index is 2.06. The number of aromatic nitrogens is 3. The average Bonchev–Trinajstić information content (AvgIpc) is 3.16. The molecule has 2 heterocycles. The lowest BCUT2D eigenvalue weighted by atomic mass is 10.0. The van der Waals surface area contributed by atoms with Gasteiger partial charge in [-0.3, -0.25) is 4.79 Å². The summed E-state index contributed by atoms with van der Waals surface area (Å²) in [7, 11) is 0. The van der Waals surface area contributed by atoms with Crippen LogP contribution in [-0.4, -0.2) is 26.4 Å². The van der Waals surface area contributed by atoms with E-state index in [2.05, 4.69) is 53.7 Å². The summed E-state index contributed by atoms with van der Waals surface area (Å²) in [5.74, 6) is 0.671. The Morgan fingerprint density at radius 1 is 1.24 bits per heavy atom. The van der Waals surface area contributed by atoms with E-state index in [9.17, 15) is 4.79 Å². The fourth-order valence-electron chi connectivity index (χ4n) is 2.71. The highest BCUT2D eigenvalue weighted by Gasteiger charge is 2.20. The van der Waals surface area contributed by atoms with Crippen molar-refractivity contribution in [2.75, 3.05) is 5.75 Å². The van der Waals surface area contributed by atoms with Gasteiger partial charge in [0.2, 0.25) is 5.91 Å². The van der Waals surface area contributed by atoms with E-state index >= 15 is 0 Å². The second kappa shape index (κ2) is 7.41. The van der Waals surface area contributed by atoms with Crippen LogP contribution < -0.4 is 5.73 Å². The van der Waals surface area contributed by atoms with E-state index in [-0.39, 0.29) is 11.7 Å². The van der Waals surface area contributed by atoms with Crippen molar-refractivity contribution in [3.05, 3.63) is 40.1 Å². The van der Waals surface area contributed by atoms with Crippen LogP contribution in [0.5, 0.6) is 0 Å². The third kappa shape index (κ3) is 3.62. The predicted molar refractivity (Wildman–Crippen MR) is 104 cm³/mol. The summed E-state index contributed by atoms with van der Waals surface area (Å²) >= 11 is 3.03. The highest BCUT2D eigenvalue weighted by Crippen LogP contribution is 2.39. The van der Waals surface area contributed by atoms with Gasteiger partial charge in [0.25, 0.3) is 0 Å². The second-order valence-corrected chi connectivity index (χ2v) is 7.78. The number of carbonyl (C=O) groups is 1. The lowest BCUT2D eigenvalue weighted by molar-refractivity contribution is -0.115. The van der Waals surface area contributed by atoms with E-state index in [1.54, 1.807) is 11.3 Å². The first-order valence-corrected chi connectivity index (χ1v) is 9.87. The number of nitrogens with zero attached hydrogens (tertiary/aromatic N) is 3. The van der Waals surface area contributed by atoms with Crippen molar-refractivity contribution in [3.8, 4) is 22.5 Å². The fourth-order valence-corrected chi connectivity index (χ4v) is 4.32. The van der Waals surface area contributed by atoms with Gasteiger partial charge in [0, 0.05) is 27.9 Å². The van der Waals surface area contributed by atoms with Gasteiger partial charge in [-0.2, -0.15) is 0 Å². The molecule has 0 unspecified atom stereocenters. The number of hydrogen-bond donors (Lipinski definition) is 1. The fraction of sp³-hybridized carbons (Fsp3) is 0.278. The van der Waals surface area contributed by atoms with Gasteiger partial charge in [0.05, 0.1) is 5.75 Å². The quantitative estimate of drug-likeness (QED) is 0.666. The molecular formula is C18H20N4OS2. The standard InChI is InChI=1S/C18H20N4OS2/c1-4-22-17(20-21-18(22)25-10-15(19)23)14-9-24-12(3)16(14)13-7-5-11(2)6-8-13/h5-9H,4,10H2,1-3H3,(H2,19,23). The Bertz CT molecular complexity index is 896. The minimum Gasteiger partial charge on any atom is -0.369 e. The van der Waals surface area contributed by atoms with Gasteiger partial charge in [-0.05, 0) is 26.3 Å². The van der Waals surface area contributed by atoms with Crippen LogP contribution in [0.25, 0.3) is 22.5 Å². The average molecular weight is 373 g/mol. The Hall–Kier alpha value is -2.12. The van der Waals surface area contributed by atoms with Gasteiger partial charge in [-0.25, -0.2) is 0 Å². The smallest absolute Gasteiger partial charge is 0.227 e. The van der Waals surface area contributed by atoms with Crippen LogP contribution in [0.4, 0.5) is 0 Å². The summed E-state index contributed by atoms with van der Waals surface area (Å²) in [6, 6.07) is 8.52. The molecule has 2 aromatic heterocycles. The summed E-state index contributed by atoms with van der Waals surface area (Å²) < 4.78 is 2.03. The van der Waals surface area contributed by atoms with Crippen molar-refractivity contribution in [2.45, 2.75) is 32.5 Å². The van der Waals surface area contributed by atoms with Crippen LogP contribution in [-0.2, 0) is 11.3 Å². The number of nitrogens with two attached hydrogens (primary N) is 1. The van der Waals surface area contributed by atoms with Gasteiger partial charge >= 0.3 is 0 Å². The summed E-state index contributed by atoms with van der Waals surface area (Å²) in [4.78, 5) is 12.3. The molecule has 0 atom stereocenters. The molecule has 0 aliphatic rings. The molecule has 0 spiro atoms. The van der Waals surface area contributed by atoms with Crippen LogP contribution in [0.15, 0.2) is 34.8 Å². The SMILES string of the molecule is CCn1c(SCC(N)=O)nnc1-c1csc(C)c1-c1ccc(C)cc1. The van der Waals surface area contributed by atoms with E-state index in [0.717, 1.165) is 23.1 Å². The van der Waals surface area contributed by atoms with Crippen LogP contribution in [0.1, 0.15) is 17.4 Å². The van der Waals surface area contributed by atoms with Crippen molar-refractivity contribution in [3.63, 3.8) is 0 Å². The number of hydrogen-bond acceptors (Lipinski definition) is 5. The molecule has 0 bridgehead atoms. The molecule has 0 saturated carbocycles. The van der Waals surface area contributed by atoms with Crippen LogP contribution in [0.2, 0.25) is 0 Å². The third-order valence-corrected chi connectivity index (χ3v) is 5.83. The summed E-state index contributed by atoms with van der Waals surface area (Å²) in [6.45, 7) is 6.98. The highest BCUT2D eigenvalue weighted by atomic mass is 32.2. The zero-order valence-electron chi connectivity index (χ0n) is 14.4. The highest BCUT2D eigenvalue weighted by molar-refractivity contribution is 7.99. The second-order valence-electron chi connectivity index (χ2n) is 5.75. The van der Waals surface area contributed by atoms with Crippen LogP contribution in [0.3, 0.4) is 0 Å². The number of benzene rings is 1. The molecule has 130 valence electrons. The van der Waals surface area contributed by atoms with Crippen molar-refractivity contribution in [2.24, 2.45) is 5.73 Å². The van der Waals surface area contributed by atoms with Crippen molar-refractivity contribution in [1.29, 1.82) is 0 Å². The lowest BCUT2D eigenvalue weighted by Gasteiger charge is -2.09. The number of carbonyl (C=O) groups excluding carboxylic acids is 1. The molecule has 25 heavy (non-hydrogen) atoms. The lowest BCUT2D eigenvalue weighted by Crippen LogP contribution is -2.13. The van der Waals surface area contributed by atoms with Crippen LogP contribution in [0, 0.1) is 13.8 Å². The van der Waals surface area contributed by atoms with Gasteiger partial charge in [0.15, 0.2) is 11.0 Å². The Morgan fingerprint density at radius 2 is 1.96 bits per heavy atom. The summed E-state index contributed by atoms with van der Waals surface area (Å²) in [6.07, 6.45) is 0. The van der Waals surface area contributed by atoms with Gasteiger partial charge in [-0.15, -0.1) is 21.5 Å². The first-order chi connectivity index (χ1) is 12.0. The predicted octanol–water partition coefficient (Wildman–Crippen LogP) is 3.89. The monoisotopic (exact) mass is 372 g/mol. The Labute approximate surface area is 155 Å². The normalized spacial score (nSPS) is 11.0. The molecule has 0 saturated heterocycles. The molecule has 1 aromatic carbocycles. The van der Waals surface area contributed by atoms with Crippen LogP contribution >= 0.6 is 23.1 Å². The van der Waals surface area contributed by atoms with E-state index in [0.29, 0.717) is 0 Å². The number of aryl methyl sites for hydroxylation is 2. The molecule has 0 aliphatic carbocycles. The van der Waals surface area contributed by atoms with Crippen molar-refractivity contribution >= 4 is 29.0 Å². The maximum absolute atomic E-state index is 11.1. The molecule has 3 rings (SSSR count). The van der Waals surface area contributed by atoms with Crippen molar-refractivity contribution < 1.29 is 4.79 Å². The Kier molecular flexibility index (Phi) is 5.24. The van der Waals surface area contributed by atoms with Gasteiger partial charge in [0.1, 0.15) is 0 Å². The number of primary amides is 1.